The van der Waals surface area contributed by atoms with Gasteiger partial charge in [-0.05, 0) is 12.1 Å². The third-order valence-electron chi connectivity index (χ3n) is 2.97. The second kappa shape index (κ2) is 5.00. The number of likely N-dealkylation sites (N-methyl/N-ethyl adjacent to an activating group) is 1. The van der Waals surface area contributed by atoms with Crippen LogP contribution < -0.4 is 4.90 Å². The van der Waals surface area contributed by atoms with Crippen LogP contribution in [0.2, 0.25) is 0 Å². The average molecular weight is 246 g/mol. The van der Waals surface area contributed by atoms with Crippen LogP contribution in [0, 0.1) is 0 Å². The van der Waals surface area contributed by atoms with Gasteiger partial charge in [0.25, 0.3) is 0 Å². The van der Waals surface area contributed by atoms with E-state index in [1.807, 2.05) is 18.2 Å². The van der Waals surface area contributed by atoms with E-state index in [4.69, 9.17) is 0 Å². The van der Waals surface area contributed by atoms with Gasteiger partial charge in [-0.1, -0.05) is 18.2 Å². The highest BCUT2D eigenvalue weighted by Gasteiger charge is 2.31. The molecular formula is C13H14N2O3. The summed E-state index contributed by atoms with van der Waals surface area (Å²) in [6.07, 6.45) is 0.419. The fraction of sp³-hybridized carbons (Fsp3) is 0.308. The average Bonchev–Trinajstić information content (AvgIpc) is 2.70. The van der Waals surface area contributed by atoms with Crippen LogP contribution in [0.4, 0.5) is 5.69 Å². The van der Waals surface area contributed by atoms with Crippen LogP contribution in [0.5, 0.6) is 0 Å². The summed E-state index contributed by atoms with van der Waals surface area (Å²) >= 11 is 0. The number of hydrogen-bond donors (Lipinski definition) is 0. The fourth-order valence-electron chi connectivity index (χ4n) is 1.84. The summed E-state index contributed by atoms with van der Waals surface area (Å²) in [5.74, 6) is -0.811. The predicted octanol–water partition coefficient (Wildman–Crippen LogP) is 0.798. The standard InChI is InChI=1S/C13H14N2O3/c1-14(10-5-3-2-4-6-10)13(18)9-15-11(16)7-8-12(15)17/h2-6H,7-9H2,1H3. The lowest BCUT2D eigenvalue weighted by Gasteiger charge is -2.20. The summed E-state index contributed by atoms with van der Waals surface area (Å²) in [6.45, 7) is -0.178. The first kappa shape index (κ1) is 12.3. The van der Waals surface area contributed by atoms with Crippen molar-refractivity contribution in [2.24, 2.45) is 0 Å². The van der Waals surface area contributed by atoms with Crippen molar-refractivity contribution in [1.82, 2.24) is 4.90 Å². The van der Waals surface area contributed by atoms with E-state index in [0.29, 0.717) is 0 Å². The maximum Gasteiger partial charge on any atom is 0.246 e. The first-order chi connectivity index (χ1) is 8.59. The number of hydrogen-bond acceptors (Lipinski definition) is 3. The number of amides is 3. The number of para-hydroxylation sites is 1. The van der Waals surface area contributed by atoms with Crippen molar-refractivity contribution in [3.05, 3.63) is 30.3 Å². The molecule has 0 bridgehead atoms. The molecule has 5 heteroatoms. The molecule has 2 rings (SSSR count). The van der Waals surface area contributed by atoms with Crippen molar-refractivity contribution in [1.29, 1.82) is 0 Å². The monoisotopic (exact) mass is 246 g/mol. The minimum Gasteiger partial charge on any atom is -0.314 e. The molecule has 1 aromatic carbocycles. The van der Waals surface area contributed by atoms with Gasteiger partial charge in [0, 0.05) is 25.6 Å². The Morgan fingerprint density at radius 3 is 2.28 bits per heavy atom. The molecule has 3 amide bonds. The number of benzene rings is 1. The van der Waals surface area contributed by atoms with E-state index < -0.39 is 0 Å². The second-order valence-corrected chi connectivity index (χ2v) is 4.16. The molecule has 1 aromatic rings. The first-order valence-electron chi connectivity index (χ1n) is 5.74. The molecule has 94 valence electrons. The Morgan fingerprint density at radius 2 is 1.72 bits per heavy atom. The van der Waals surface area contributed by atoms with Gasteiger partial charge in [-0.25, -0.2) is 0 Å². The Kier molecular flexibility index (Phi) is 3.41. The van der Waals surface area contributed by atoms with Gasteiger partial charge in [-0.15, -0.1) is 0 Å². The Hall–Kier alpha value is -2.17. The second-order valence-electron chi connectivity index (χ2n) is 4.16. The number of carbonyl (C=O) groups is 3. The molecule has 0 N–H and O–H groups in total. The Balaban J connectivity index is 2.04. The van der Waals surface area contributed by atoms with Crippen LogP contribution in [0.1, 0.15) is 12.8 Å². The number of nitrogens with zero attached hydrogens (tertiary/aromatic N) is 2. The van der Waals surface area contributed by atoms with Crippen molar-refractivity contribution in [2.75, 3.05) is 18.5 Å². The Morgan fingerprint density at radius 1 is 1.17 bits per heavy atom. The highest BCUT2D eigenvalue weighted by molar-refractivity contribution is 6.06. The van der Waals surface area contributed by atoms with Gasteiger partial charge in [0.1, 0.15) is 6.54 Å². The maximum absolute atomic E-state index is 12.0. The molecular weight excluding hydrogens is 232 g/mol. The minimum atomic E-state index is -0.273. The molecule has 1 aliphatic rings. The van der Waals surface area contributed by atoms with Crippen molar-refractivity contribution in [2.45, 2.75) is 12.8 Å². The van der Waals surface area contributed by atoms with Crippen molar-refractivity contribution < 1.29 is 14.4 Å². The normalized spacial score (nSPS) is 15.1. The molecule has 0 saturated carbocycles. The quantitative estimate of drug-likeness (QED) is 0.741. The van der Waals surface area contributed by atoms with Gasteiger partial charge in [-0.2, -0.15) is 0 Å². The zero-order valence-corrected chi connectivity index (χ0v) is 10.1. The smallest absolute Gasteiger partial charge is 0.246 e. The van der Waals surface area contributed by atoms with E-state index in [-0.39, 0.29) is 37.1 Å². The van der Waals surface area contributed by atoms with Gasteiger partial charge in [0.15, 0.2) is 0 Å². The van der Waals surface area contributed by atoms with Crippen LogP contribution in [0.25, 0.3) is 0 Å². The van der Waals surface area contributed by atoms with Gasteiger partial charge < -0.3 is 4.90 Å². The van der Waals surface area contributed by atoms with Crippen LogP contribution in [-0.4, -0.2) is 36.2 Å². The zero-order valence-electron chi connectivity index (χ0n) is 10.1. The molecule has 5 nitrogen and oxygen atoms in total. The van der Waals surface area contributed by atoms with Gasteiger partial charge in [0.05, 0.1) is 0 Å². The molecule has 18 heavy (non-hydrogen) atoms. The van der Waals surface area contributed by atoms with Crippen molar-refractivity contribution in [3.63, 3.8) is 0 Å². The van der Waals surface area contributed by atoms with Gasteiger partial charge in [-0.3, -0.25) is 19.3 Å². The van der Waals surface area contributed by atoms with Crippen molar-refractivity contribution in [3.8, 4) is 0 Å². The lowest BCUT2D eigenvalue weighted by Crippen LogP contribution is -2.40. The van der Waals surface area contributed by atoms with Gasteiger partial charge >= 0.3 is 0 Å². The molecule has 1 heterocycles. The highest BCUT2D eigenvalue weighted by atomic mass is 16.2. The molecule has 0 unspecified atom stereocenters. The molecule has 0 aliphatic carbocycles. The number of rotatable bonds is 3. The van der Waals surface area contributed by atoms with E-state index >= 15 is 0 Å². The minimum absolute atomic E-state index is 0.178. The molecule has 0 radical (unpaired) electrons. The Labute approximate surface area is 105 Å². The van der Waals surface area contributed by atoms with Crippen LogP contribution in [0.15, 0.2) is 30.3 Å². The van der Waals surface area contributed by atoms with E-state index in [1.165, 1.54) is 4.90 Å². The van der Waals surface area contributed by atoms with E-state index in [2.05, 4.69) is 0 Å². The summed E-state index contributed by atoms with van der Waals surface area (Å²) in [5.41, 5.74) is 0.738. The van der Waals surface area contributed by atoms with E-state index in [1.54, 1.807) is 19.2 Å². The van der Waals surface area contributed by atoms with Crippen LogP contribution in [0.3, 0.4) is 0 Å². The molecule has 0 atom stereocenters. The molecule has 0 spiro atoms. The number of anilines is 1. The third kappa shape index (κ3) is 2.40. The summed E-state index contributed by atoms with van der Waals surface area (Å²) in [5, 5.41) is 0. The van der Waals surface area contributed by atoms with Crippen LogP contribution >= 0.6 is 0 Å². The number of carbonyl (C=O) groups excluding carboxylic acids is 3. The molecule has 0 aromatic heterocycles. The fourth-order valence-corrected chi connectivity index (χ4v) is 1.84. The topological polar surface area (TPSA) is 57.7 Å². The van der Waals surface area contributed by atoms with Gasteiger partial charge in [0.2, 0.25) is 17.7 Å². The van der Waals surface area contributed by atoms with Crippen molar-refractivity contribution >= 4 is 23.4 Å². The maximum atomic E-state index is 12.0. The number of imide groups is 1. The SMILES string of the molecule is CN(C(=O)CN1C(=O)CCC1=O)c1ccccc1. The highest BCUT2D eigenvalue weighted by Crippen LogP contribution is 2.14. The molecule has 1 fully saturated rings. The Bertz CT molecular complexity index is 468. The predicted molar refractivity (Wildman–Crippen MR) is 65.8 cm³/mol. The first-order valence-corrected chi connectivity index (χ1v) is 5.74. The molecule has 1 saturated heterocycles. The lowest BCUT2D eigenvalue weighted by atomic mass is 10.3. The summed E-state index contributed by atoms with van der Waals surface area (Å²) in [4.78, 5) is 37.3. The summed E-state index contributed by atoms with van der Waals surface area (Å²) in [7, 11) is 1.63. The third-order valence-corrected chi connectivity index (χ3v) is 2.97. The largest absolute Gasteiger partial charge is 0.314 e. The summed E-state index contributed by atoms with van der Waals surface area (Å²) in [6, 6.07) is 9.10. The summed E-state index contributed by atoms with van der Waals surface area (Å²) < 4.78 is 0. The number of likely N-dealkylation sites (tertiary alicyclic amines) is 1. The van der Waals surface area contributed by atoms with E-state index in [0.717, 1.165) is 10.6 Å². The van der Waals surface area contributed by atoms with Crippen LogP contribution in [-0.2, 0) is 14.4 Å². The molecule has 1 aliphatic heterocycles. The zero-order chi connectivity index (χ0) is 13.1. The van der Waals surface area contributed by atoms with E-state index in [9.17, 15) is 14.4 Å². The lowest BCUT2D eigenvalue weighted by molar-refractivity contribution is -0.141.